The van der Waals surface area contributed by atoms with E-state index in [1.807, 2.05) is 16.8 Å². The van der Waals surface area contributed by atoms with Gasteiger partial charge >= 0.3 is 0 Å². The van der Waals surface area contributed by atoms with Crippen LogP contribution in [0.1, 0.15) is 60.3 Å². The molecule has 0 aliphatic heterocycles. The van der Waals surface area contributed by atoms with E-state index in [1.54, 1.807) is 24.2 Å². The molecule has 27 heavy (non-hydrogen) atoms. The number of hydrogen-bond acceptors (Lipinski definition) is 3. The Labute approximate surface area is 157 Å². The molecule has 1 aromatic carbocycles. The first-order valence-electron chi connectivity index (χ1n) is 9.32. The predicted octanol–water partition coefficient (Wildman–Crippen LogP) is 4.30. The summed E-state index contributed by atoms with van der Waals surface area (Å²) in [7, 11) is 1.74. The largest absolute Gasteiger partial charge is 0.337 e. The van der Waals surface area contributed by atoms with Gasteiger partial charge in [0.05, 0.1) is 17.1 Å². The van der Waals surface area contributed by atoms with Crippen LogP contribution >= 0.6 is 0 Å². The van der Waals surface area contributed by atoms with E-state index in [9.17, 15) is 9.18 Å². The summed E-state index contributed by atoms with van der Waals surface area (Å²) in [6.45, 7) is 4.45. The van der Waals surface area contributed by atoms with Crippen molar-refractivity contribution in [3.63, 3.8) is 0 Å². The Morgan fingerprint density at radius 1 is 1.33 bits per heavy atom. The number of pyridine rings is 1. The molecule has 2 heterocycles. The number of hydrogen-bond donors (Lipinski definition) is 0. The summed E-state index contributed by atoms with van der Waals surface area (Å²) in [5.74, 6) is 0.0377. The molecule has 0 spiro atoms. The number of halogens is 1. The molecular weight excluding hydrogens is 343 g/mol. The SMILES string of the molecule is CC(C)n1ncc2c(C(=O)N(C)Cc3cccc(F)c3)cc(C3CC3)nc21. The van der Waals surface area contributed by atoms with Crippen LogP contribution in [0.5, 0.6) is 0 Å². The molecular formula is C21H23FN4O. The molecule has 6 heteroatoms. The minimum Gasteiger partial charge on any atom is -0.337 e. The third kappa shape index (κ3) is 3.44. The molecule has 3 aromatic rings. The van der Waals surface area contributed by atoms with Crippen LogP contribution in [0.15, 0.2) is 36.5 Å². The smallest absolute Gasteiger partial charge is 0.254 e. The van der Waals surface area contributed by atoms with Gasteiger partial charge in [0.25, 0.3) is 5.91 Å². The zero-order chi connectivity index (χ0) is 19.1. The van der Waals surface area contributed by atoms with Gasteiger partial charge in [-0.15, -0.1) is 0 Å². The summed E-state index contributed by atoms with van der Waals surface area (Å²) in [5, 5.41) is 5.22. The molecule has 2 aromatic heterocycles. The van der Waals surface area contributed by atoms with Gasteiger partial charge in [-0.3, -0.25) is 4.79 Å². The zero-order valence-electron chi connectivity index (χ0n) is 15.8. The number of nitrogens with zero attached hydrogens (tertiary/aromatic N) is 4. The summed E-state index contributed by atoms with van der Waals surface area (Å²) >= 11 is 0. The average Bonchev–Trinajstić information content (AvgIpc) is 3.39. The molecule has 1 fully saturated rings. The number of amides is 1. The van der Waals surface area contributed by atoms with Gasteiger partial charge in [0.1, 0.15) is 5.82 Å². The van der Waals surface area contributed by atoms with Crippen molar-refractivity contribution in [2.24, 2.45) is 0 Å². The van der Waals surface area contributed by atoms with Crippen molar-refractivity contribution in [2.45, 2.75) is 45.2 Å². The molecule has 4 rings (SSSR count). The van der Waals surface area contributed by atoms with Crippen molar-refractivity contribution in [1.82, 2.24) is 19.7 Å². The van der Waals surface area contributed by atoms with Crippen LogP contribution < -0.4 is 0 Å². The van der Waals surface area contributed by atoms with Gasteiger partial charge in [-0.1, -0.05) is 12.1 Å². The number of benzene rings is 1. The second-order valence-corrected chi connectivity index (χ2v) is 7.58. The lowest BCUT2D eigenvalue weighted by atomic mass is 10.1. The first kappa shape index (κ1) is 17.6. The highest BCUT2D eigenvalue weighted by atomic mass is 19.1. The van der Waals surface area contributed by atoms with E-state index in [0.717, 1.165) is 35.1 Å². The summed E-state index contributed by atoms with van der Waals surface area (Å²) < 4.78 is 15.3. The molecule has 140 valence electrons. The lowest BCUT2D eigenvalue weighted by Gasteiger charge is -2.18. The zero-order valence-corrected chi connectivity index (χ0v) is 15.8. The highest BCUT2D eigenvalue weighted by Gasteiger charge is 2.29. The van der Waals surface area contributed by atoms with Crippen LogP contribution in [0.4, 0.5) is 4.39 Å². The van der Waals surface area contributed by atoms with Crippen LogP contribution in [-0.2, 0) is 6.54 Å². The van der Waals surface area contributed by atoms with Gasteiger partial charge in [0.2, 0.25) is 0 Å². The molecule has 0 radical (unpaired) electrons. The average molecular weight is 366 g/mol. The minimum absolute atomic E-state index is 0.100. The summed E-state index contributed by atoms with van der Waals surface area (Å²) in [6, 6.07) is 8.42. The van der Waals surface area contributed by atoms with E-state index in [4.69, 9.17) is 4.98 Å². The highest BCUT2D eigenvalue weighted by molar-refractivity contribution is 6.05. The van der Waals surface area contributed by atoms with E-state index >= 15 is 0 Å². The fourth-order valence-corrected chi connectivity index (χ4v) is 3.37. The Hall–Kier alpha value is -2.76. The van der Waals surface area contributed by atoms with Gasteiger partial charge in [0, 0.05) is 31.2 Å². The van der Waals surface area contributed by atoms with E-state index in [-0.39, 0.29) is 17.8 Å². The molecule has 0 saturated heterocycles. The Morgan fingerprint density at radius 3 is 2.78 bits per heavy atom. The highest BCUT2D eigenvalue weighted by Crippen LogP contribution is 2.40. The van der Waals surface area contributed by atoms with Gasteiger partial charge in [-0.25, -0.2) is 14.1 Å². The minimum atomic E-state index is -0.297. The Bertz CT molecular complexity index is 1010. The third-order valence-corrected chi connectivity index (χ3v) is 4.96. The molecule has 0 unspecified atom stereocenters. The molecule has 0 atom stereocenters. The Morgan fingerprint density at radius 2 is 2.11 bits per heavy atom. The molecule has 1 amide bonds. The lowest BCUT2D eigenvalue weighted by Crippen LogP contribution is -2.26. The Kier molecular flexibility index (Phi) is 4.42. The van der Waals surface area contributed by atoms with Crippen molar-refractivity contribution in [3.05, 3.63) is 59.2 Å². The first-order valence-corrected chi connectivity index (χ1v) is 9.32. The van der Waals surface area contributed by atoms with Gasteiger partial charge in [-0.05, 0) is 50.5 Å². The quantitative estimate of drug-likeness (QED) is 0.676. The maximum Gasteiger partial charge on any atom is 0.254 e. The molecule has 5 nitrogen and oxygen atoms in total. The van der Waals surface area contributed by atoms with E-state index < -0.39 is 0 Å². The van der Waals surface area contributed by atoms with Crippen LogP contribution in [0.2, 0.25) is 0 Å². The fourth-order valence-electron chi connectivity index (χ4n) is 3.37. The van der Waals surface area contributed by atoms with Crippen molar-refractivity contribution >= 4 is 16.9 Å². The second-order valence-electron chi connectivity index (χ2n) is 7.58. The number of fused-ring (bicyclic) bond motifs is 1. The topological polar surface area (TPSA) is 51.0 Å². The summed E-state index contributed by atoms with van der Waals surface area (Å²) in [6.07, 6.45) is 3.95. The van der Waals surface area contributed by atoms with Gasteiger partial charge in [0.15, 0.2) is 5.65 Å². The van der Waals surface area contributed by atoms with Crippen molar-refractivity contribution in [2.75, 3.05) is 7.05 Å². The lowest BCUT2D eigenvalue weighted by molar-refractivity contribution is 0.0786. The van der Waals surface area contributed by atoms with Crippen LogP contribution in [0.25, 0.3) is 11.0 Å². The summed E-state index contributed by atoms with van der Waals surface area (Å²) in [5.41, 5.74) is 3.11. The van der Waals surface area contributed by atoms with Crippen LogP contribution in [0, 0.1) is 5.82 Å². The first-order chi connectivity index (χ1) is 12.9. The molecule has 0 N–H and O–H groups in total. The maximum absolute atomic E-state index is 13.5. The van der Waals surface area contributed by atoms with Gasteiger partial charge in [-0.2, -0.15) is 5.10 Å². The van der Waals surface area contributed by atoms with Crippen LogP contribution in [-0.4, -0.2) is 32.6 Å². The number of rotatable bonds is 5. The summed E-state index contributed by atoms with van der Waals surface area (Å²) in [4.78, 5) is 19.6. The van der Waals surface area contributed by atoms with Crippen LogP contribution in [0.3, 0.4) is 0 Å². The van der Waals surface area contributed by atoms with E-state index in [0.29, 0.717) is 18.0 Å². The number of carbonyl (C=O) groups is 1. The standard InChI is InChI=1S/C21H23FN4O/c1-13(2)26-20-18(11-23-26)17(10-19(24-20)15-7-8-15)21(27)25(3)12-14-5-4-6-16(22)9-14/h4-6,9-11,13,15H,7-8,12H2,1-3H3. The fraction of sp³-hybridized carbons (Fsp3) is 0.381. The molecule has 0 bridgehead atoms. The second kappa shape index (κ2) is 6.76. The van der Waals surface area contributed by atoms with Crippen molar-refractivity contribution < 1.29 is 9.18 Å². The Balaban J connectivity index is 1.72. The maximum atomic E-state index is 13.5. The van der Waals surface area contributed by atoms with E-state index in [1.165, 1.54) is 12.1 Å². The molecule has 1 aliphatic carbocycles. The van der Waals surface area contributed by atoms with Crippen molar-refractivity contribution in [3.8, 4) is 0 Å². The monoisotopic (exact) mass is 366 g/mol. The van der Waals surface area contributed by atoms with Gasteiger partial charge < -0.3 is 4.90 Å². The number of carbonyl (C=O) groups excluding carboxylic acids is 1. The predicted molar refractivity (Wildman–Crippen MR) is 102 cm³/mol. The number of aromatic nitrogens is 3. The normalized spacial score (nSPS) is 14.1. The molecule has 1 saturated carbocycles. The van der Waals surface area contributed by atoms with E-state index in [2.05, 4.69) is 18.9 Å². The molecule has 1 aliphatic rings. The van der Waals surface area contributed by atoms with Crippen molar-refractivity contribution in [1.29, 1.82) is 0 Å². The third-order valence-electron chi connectivity index (χ3n) is 4.96.